The van der Waals surface area contributed by atoms with E-state index in [0.29, 0.717) is 12.2 Å². The van der Waals surface area contributed by atoms with Crippen molar-refractivity contribution in [3.05, 3.63) is 16.1 Å². The Morgan fingerprint density at radius 2 is 2.08 bits per heavy atom. The highest BCUT2D eigenvalue weighted by molar-refractivity contribution is 14.0. The molecule has 24 heavy (non-hydrogen) atoms. The molecule has 4 rings (SSSR count). The SMILES string of the molecule is CCNC(=NCCc1csc(C)n1)N1CC2C3CCC(O3)C2C1.I. The molecule has 1 N–H and O–H groups in total. The Kier molecular flexibility index (Phi) is 6.02. The van der Waals surface area contributed by atoms with Crippen molar-refractivity contribution in [1.29, 1.82) is 0 Å². The van der Waals surface area contributed by atoms with E-state index in [1.165, 1.54) is 12.8 Å². The fourth-order valence-corrected chi connectivity index (χ4v) is 5.01. The number of rotatable bonds is 4. The first-order chi connectivity index (χ1) is 11.2. The zero-order valence-electron chi connectivity index (χ0n) is 14.4. The van der Waals surface area contributed by atoms with E-state index in [4.69, 9.17) is 9.73 Å². The molecule has 3 aliphatic heterocycles. The fourth-order valence-electron chi connectivity index (χ4n) is 4.36. The Labute approximate surface area is 165 Å². The molecule has 4 atom stereocenters. The summed E-state index contributed by atoms with van der Waals surface area (Å²) in [7, 11) is 0. The van der Waals surface area contributed by atoms with E-state index < -0.39 is 0 Å². The summed E-state index contributed by atoms with van der Waals surface area (Å²) in [6, 6.07) is 0. The number of aliphatic imine (C=N–C) groups is 1. The number of thiazole rings is 1. The van der Waals surface area contributed by atoms with Crippen molar-refractivity contribution in [2.45, 2.75) is 45.3 Å². The maximum absolute atomic E-state index is 6.07. The molecule has 4 unspecified atom stereocenters. The van der Waals surface area contributed by atoms with Gasteiger partial charge in [-0.3, -0.25) is 4.99 Å². The molecule has 0 saturated carbocycles. The predicted octanol–water partition coefficient (Wildman–Crippen LogP) is 2.69. The van der Waals surface area contributed by atoms with Gasteiger partial charge in [-0.05, 0) is 26.7 Å². The van der Waals surface area contributed by atoms with Crippen LogP contribution in [0.15, 0.2) is 10.4 Å². The third-order valence-electron chi connectivity index (χ3n) is 5.38. The highest BCUT2D eigenvalue weighted by atomic mass is 127. The van der Waals surface area contributed by atoms with Gasteiger partial charge < -0.3 is 15.0 Å². The lowest BCUT2D eigenvalue weighted by Gasteiger charge is -2.23. The Balaban J connectivity index is 0.00000169. The number of hydrogen-bond donors (Lipinski definition) is 1. The fraction of sp³-hybridized carbons (Fsp3) is 0.765. The maximum Gasteiger partial charge on any atom is 0.193 e. The van der Waals surface area contributed by atoms with Crippen LogP contribution in [0.4, 0.5) is 0 Å². The second kappa shape index (κ2) is 7.86. The minimum Gasteiger partial charge on any atom is -0.374 e. The van der Waals surface area contributed by atoms with E-state index >= 15 is 0 Å². The molecular formula is C17H27IN4OS. The average Bonchev–Trinajstić information content (AvgIpc) is 3.28. The summed E-state index contributed by atoms with van der Waals surface area (Å²) in [5.74, 6) is 2.52. The molecule has 0 amide bonds. The smallest absolute Gasteiger partial charge is 0.193 e. The largest absolute Gasteiger partial charge is 0.374 e. The van der Waals surface area contributed by atoms with Gasteiger partial charge in [0, 0.05) is 49.8 Å². The Hall–Kier alpha value is -0.410. The molecule has 3 saturated heterocycles. The van der Waals surface area contributed by atoms with Crippen molar-refractivity contribution in [2.75, 3.05) is 26.2 Å². The molecule has 1 aromatic heterocycles. The molecule has 3 aliphatic rings. The van der Waals surface area contributed by atoms with Gasteiger partial charge in [-0.1, -0.05) is 0 Å². The summed E-state index contributed by atoms with van der Waals surface area (Å²) >= 11 is 1.72. The lowest BCUT2D eigenvalue weighted by atomic mass is 9.82. The van der Waals surface area contributed by atoms with Crippen LogP contribution in [0, 0.1) is 18.8 Å². The molecule has 0 radical (unpaired) electrons. The second-order valence-corrected chi connectivity index (χ2v) is 7.93. The number of aromatic nitrogens is 1. The first kappa shape index (κ1) is 18.4. The van der Waals surface area contributed by atoms with E-state index in [9.17, 15) is 0 Å². The van der Waals surface area contributed by atoms with Crippen LogP contribution in [0.3, 0.4) is 0 Å². The number of halogens is 1. The predicted molar refractivity (Wildman–Crippen MR) is 108 cm³/mol. The second-order valence-electron chi connectivity index (χ2n) is 6.87. The molecule has 5 nitrogen and oxygen atoms in total. The topological polar surface area (TPSA) is 49.8 Å². The van der Waals surface area contributed by atoms with Crippen LogP contribution in [0.2, 0.25) is 0 Å². The van der Waals surface area contributed by atoms with Crippen molar-refractivity contribution < 1.29 is 4.74 Å². The summed E-state index contributed by atoms with van der Waals surface area (Å²) in [4.78, 5) is 11.8. The number of hydrogen-bond acceptors (Lipinski definition) is 4. The summed E-state index contributed by atoms with van der Waals surface area (Å²) < 4.78 is 6.07. The zero-order chi connectivity index (χ0) is 15.8. The van der Waals surface area contributed by atoms with Crippen LogP contribution in [-0.4, -0.2) is 54.2 Å². The summed E-state index contributed by atoms with van der Waals surface area (Å²) in [5.41, 5.74) is 1.16. The van der Waals surface area contributed by atoms with Gasteiger partial charge >= 0.3 is 0 Å². The lowest BCUT2D eigenvalue weighted by molar-refractivity contribution is 0.0767. The van der Waals surface area contributed by atoms with Crippen molar-refractivity contribution >= 4 is 41.3 Å². The molecule has 4 heterocycles. The van der Waals surface area contributed by atoms with Crippen molar-refractivity contribution in [3.8, 4) is 0 Å². The maximum atomic E-state index is 6.07. The number of likely N-dealkylation sites (tertiary alicyclic amines) is 1. The average molecular weight is 462 g/mol. The lowest BCUT2D eigenvalue weighted by Crippen LogP contribution is -2.41. The van der Waals surface area contributed by atoms with E-state index in [0.717, 1.165) is 61.1 Å². The minimum absolute atomic E-state index is 0. The van der Waals surface area contributed by atoms with Gasteiger partial charge in [0.25, 0.3) is 0 Å². The van der Waals surface area contributed by atoms with Gasteiger partial charge in [0.15, 0.2) is 5.96 Å². The zero-order valence-corrected chi connectivity index (χ0v) is 17.5. The molecule has 7 heteroatoms. The van der Waals surface area contributed by atoms with Gasteiger partial charge in [0.1, 0.15) is 0 Å². The van der Waals surface area contributed by atoms with Crippen LogP contribution < -0.4 is 5.32 Å². The molecule has 0 aromatic carbocycles. The monoisotopic (exact) mass is 462 g/mol. The highest BCUT2D eigenvalue weighted by Crippen LogP contribution is 2.47. The van der Waals surface area contributed by atoms with Crippen LogP contribution in [0.1, 0.15) is 30.5 Å². The third kappa shape index (κ3) is 3.58. The van der Waals surface area contributed by atoms with Gasteiger partial charge in [-0.15, -0.1) is 35.3 Å². The molecule has 2 bridgehead atoms. The van der Waals surface area contributed by atoms with Gasteiger partial charge in [-0.25, -0.2) is 4.98 Å². The van der Waals surface area contributed by atoms with Gasteiger partial charge in [-0.2, -0.15) is 0 Å². The molecule has 3 fully saturated rings. The van der Waals surface area contributed by atoms with Crippen molar-refractivity contribution in [2.24, 2.45) is 16.8 Å². The van der Waals surface area contributed by atoms with Gasteiger partial charge in [0.05, 0.1) is 22.9 Å². The standard InChI is InChI=1S/C17H26N4OS.HI/c1-3-18-17(19-7-6-12-10-23-11(2)20-12)21-8-13-14(9-21)16-5-4-15(13)22-16;/h10,13-16H,3-9H2,1-2H3,(H,18,19);1H. The Morgan fingerprint density at radius 1 is 1.38 bits per heavy atom. The molecular weight excluding hydrogens is 435 g/mol. The van der Waals surface area contributed by atoms with Crippen LogP contribution in [0.5, 0.6) is 0 Å². The summed E-state index contributed by atoms with van der Waals surface area (Å²) in [6.45, 7) is 8.13. The van der Waals surface area contributed by atoms with E-state index in [2.05, 4.69) is 34.4 Å². The van der Waals surface area contributed by atoms with Gasteiger partial charge in [0.2, 0.25) is 0 Å². The highest BCUT2D eigenvalue weighted by Gasteiger charge is 2.53. The van der Waals surface area contributed by atoms with E-state index in [1.807, 2.05) is 0 Å². The first-order valence-electron chi connectivity index (χ1n) is 8.84. The molecule has 1 aromatic rings. The number of guanidine groups is 1. The Morgan fingerprint density at radius 3 is 2.67 bits per heavy atom. The normalized spacial score (nSPS) is 31.2. The Bertz CT molecular complexity index is 575. The number of ether oxygens (including phenoxy) is 1. The number of fused-ring (bicyclic) bond motifs is 5. The van der Waals surface area contributed by atoms with E-state index in [1.54, 1.807) is 11.3 Å². The summed E-state index contributed by atoms with van der Waals surface area (Å²) in [6.07, 6.45) is 4.47. The molecule has 0 spiro atoms. The third-order valence-corrected chi connectivity index (χ3v) is 6.21. The minimum atomic E-state index is 0. The number of nitrogens with one attached hydrogen (secondary N) is 1. The van der Waals surface area contributed by atoms with Crippen LogP contribution >= 0.6 is 35.3 Å². The molecule has 134 valence electrons. The van der Waals surface area contributed by atoms with Crippen LogP contribution in [0.25, 0.3) is 0 Å². The first-order valence-corrected chi connectivity index (χ1v) is 9.72. The number of aryl methyl sites for hydroxylation is 1. The summed E-state index contributed by atoms with van der Waals surface area (Å²) in [5, 5.41) is 6.76. The van der Waals surface area contributed by atoms with E-state index in [-0.39, 0.29) is 24.0 Å². The molecule has 0 aliphatic carbocycles. The van der Waals surface area contributed by atoms with Crippen molar-refractivity contribution in [1.82, 2.24) is 15.2 Å². The van der Waals surface area contributed by atoms with Crippen LogP contribution in [-0.2, 0) is 11.2 Å². The number of nitrogens with zero attached hydrogens (tertiary/aromatic N) is 3. The van der Waals surface area contributed by atoms with Crippen molar-refractivity contribution in [3.63, 3.8) is 0 Å². The quantitative estimate of drug-likeness (QED) is 0.425.